The monoisotopic (exact) mass is 721 g/mol. The zero-order valence-corrected chi connectivity index (χ0v) is 31.7. The average Bonchev–Trinajstić information content (AvgIpc) is 3.77. The van der Waals surface area contributed by atoms with Gasteiger partial charge in [-0.25, -0.2) is 0 Å². The first-order chi connectivity index (χ1) is 27.7. The first-order valence-corrected chi connectivity index (χ1v) is 20.3. The molecule has 9 aromatic rings. The number of nitrogens with zero attached hydrogens (tertiary/aromatic N) is 1. The van der Waals surface area contributed by atoms with E-state index in [4.69, 9.17) is 4.42 Å². The van der Waals surface area contributed by atoms with Crippen LogP contribution in [-0.2, 0) is 5.41 Å². The van der Waals surface area contributed by atoms with Crippen molar-refractivity contribution in [2.24, 2.45) is 0 Å². The summed E-state index contributed by atoms with van der Waals surface area (Å²) in [5.41, 5.74) is 15.4. The standard InChI is InChI=1S/C54H43NO/c1-54(38-21-6-3-7-22-38)46-28-11-8-25-45(46)53-47(54)29-16-31-49(53)55(39-33-34-43-42-24-10-13-32-50(42)56-51(43)35-39)48-30-12-9-23-41(48)44-27-15-20-37-19-14-26-40(52(37)44)36-17-4-2-5-18-36/h3,6-16,19-36H,2,4-5,17-18H2,1H3. The van der Waals surface area contributed by atoms with E-state index >= 15 is 0 Å². The first-order valence-electron chi connectivity index (χ1n) is 20.3. The third-order valence-corrected chi connectivity index (χ3v) is 12.9. The van der Waals surface area contributed by atoms with Gasteiger partial charge in [0.25, 0.3) is 0 Å². The molecule has 0 amide bonds. The molecule has 2 aliphatic rings. The van der Waals surface area contributed by atoms with Gasteiger partial charge in [-0.15, -0.1) is 0 Å². The van der Waals surface area contributed by atoms with Crippen molar-refractivity contribution in [2.75, 3.05) is 4.90 Å². The number of para-hydroxylation sites is 2. The Bertz CT molecular complexity index is 2930. The number of benzene rings is 8. The van der Waals surface area contributed by atoms with Crippen LogP contribution in [0.5, 0.6) is 0 Å². The molecule has 0 saturated heterocycles. The highest BCUT2D eigenvalue weighted by Crippen LogP contribution is 2.57. The van der Waals surface area contributed by atoms with Gasteiger partial charge in [0.05, 0.1) is 11.4 Å². The van der Waals surface area contributed by atoms with Gasteiger partial charge in [-0.1, -0.05) is 159 Å². The molecule has 0 bridgehead atoms. The van der Waals surface area contributed by atoms with Gasteiger partial charge in [-0.2, -0.15) is 0 Å². The second-order valence-corrected chi connectivity index (χ2v) is 16.0. The normalized spacial score (nSPS) is 16.7. The highest BCUT2D eigenvalue weighted by Gasteiger charge is 2.42. The third-order valence-electron chi connectivity index (χ3n) is 12.9. The molecule has 270 valence electrons. The Morgan fingerprint density at radius 1 is 0.518 bits per heavy atom. The van der Waals surface area contributed by atoms with Gasteiger partial charge >= 0.3 is 0 Å². The van der Waals surface area contributed by atoms with Crippen LogP contribution in [0.15, 0.2) is 180 Å². The quantitative estimate of drug-likeness (QED) is 0.170. The van der Waals surface area contributed by atoms with Gasteiger partial charge in [-0.3, -0.25) is 0 Å². The van der Waals surface area contributed by atoms with E-state index in [-0.39, 0.29) is 5.41 Å². The van der Waals surface area contributed by atoms with Crippen LogP contribution < -0.4 is 4.90 Å². The highest BCUT2D eigenvalue weighted by atomic mass is 16.3. The van der Waals surface area contributed by atoms with Crippen molar-refractivity contribution in [2.45, 2.75) is 50.4 Å². The maximum Gasteiger partial charge on any atom is 0.137 e. The smallest absolute Gasteiger partial charge is 0.137 e. The van der Waals surface area contributed by atoms with Gasteiger partial charge in [0.2, 0.25) is 0 Å². The lowest BCUT2D eigenvalue weighted by Crippen LogP contribution is -2.22. The minimum absolute atomic E-state index is 0.318. The van der Waals surface area contributed by atoms with Gasteiger partial charge in [0.1, 0.15) is 11.2 Å². The number of hydrogen-bond donors (Lipinski definition) is 0. The van der Waals surface area contributed by atoms with Crippen molar-refractivity contribution in [1.82, 2.24) is 0 Å². The van der Waals surface area contributed by atoms with Crippen LogP contribution in [0.4, 0.5) is 17.1 Å². The molecule has 56 heavy (non-hydrogen) atoms. The number of anilines is 3. The Balaban J connectivity index is 1.20. The summed E-state index contributed by atoms with van der Waals surface area (Å²) >= 11 is 0. The molecule has 0 radical (unpaired) electrons. The zero-order chi connectivity index (χ0) is 37.2. The summed E-state index contributed by atoms with van der Waals surface area (Å²) in [6.45, 7) is 2.40. The van der Waals surface area contributed by atoms with Crippen LogP contribution in [0.25, 0.3) is 55.0 Å². The summed E-state index contributed by atoms with van der Waals surface area (Å²) in [5, 5.41) is 4.97. The largest absolute Gasteiger partial charge is 0.456 e. The molecule has 1 saturated carbocycles. The van der Waals surface area contributed by atoms with Crippen LogP contribution in [0.3, 0.4) is 0 Å². The summed E-state index contributed by atoms with van der Waals surface area (Å²) < 4.78 is 6.58. The van der Waals surface area contributed by atoms with Crippen molar-refractivity contribution in [3.8, 4) is 22.3 Å². The molecule has 1 atom stereocenters. The van der Waals surface area contributed by atoms with Gasteiger partial charge in [-0.05, 0) is 100 Å². The van der Waals surface area contributed by atoms with E-state index in [1.165, 1.54) is 87.4 Å². The summed E-state index contributed by atoms with van der Waals surface area (Å²) in [6, 6.07) is 65.0. The summed E-state index contributed by atoms with van der Waals surface area (Å²) in [5.74, 6) is 0.580. The Hall–Kier alpha value is -6.38. The molecule has 2 aliphatic carbocycles. The average molecular weight is 722 g/mol. The van der Waals surface area contributed by atoms with Crippen molar-refractivity contribution in [3.63, 3.8) is 0 Å². The SMILES string of the molecule is CC1(c2ccccc2)c2ccccc2-c2c(N(c3ccc4c(c3)oc3ccccc34)c3ccccc3-c3cccc4cccc(C5CCCCC5)c34)cccc21. The lowest BCUT2D eigenvalue weighted by Gasteiger charge is -2.32. The molecule has 0 N–H and O–H groups in total. The number of furan rings is 1. The Labute approximate surface area is 328 Å². The first kappa shape index (κ1) is 33.0. The summed E-state index contributed by atoms with van der Waals surface area (Å²) in [6.07, 6.45) is 6.47. The fourth-order valence-electron chi connectivity index (χ4n) is 10.3. The van der Waals surface area contributed by atoms with Crippen molar-refractivity contribution in [1.29, 1.82) is 0 Å². The highest BCUT2D eigenvalue weighted by molar-refractivity contribution is 6.08. The molecular weight excluding hydrogens is 679 g/mol. The van der Waals surface area contributed by atoms with Crippen LogP contribution in [0, 0.1) is 0 Å². The fraction of sp³-hybridized carbons (Fsp3) is 0.148. The predicted molar refractivity (Wildman–Crippen MR) is 235 cm³/mol. The number of hydrogen-bond acceptors (Lipinski definition) is 2. The van der Waals surface area contributed by atoms with E-state index in [2.05, 4.69) is 182 Å². The number of fused-ring (bicyclic) bond motifs is 7. The zero-order valence-electron chi connectivity index (χ0n) is 31.7. The lowest BCUT2D eigenvalue weighted by atomic mass is 9.74. The van der Waals surface area contributed by atoms with Crippen molar-refractivity contribution < 1.29 is 4.42 Å². The van der Waals surface area contributed by atoms with Gasteiger partial charge < -0.3 is 9.32 Å². The Kier molecular flexibility index (Phi) is 7.74. The maximum absolute atomic E-state index is 6.58. The minimum atomic E-state index is -0.318. The molecule has 1 aromatic heterocycles. The van der Waals surface area contributed by atoms with E-state index in [0.29, 0.717) is 5.92 Å². The van der Waals surface area contributed by atoms with E-state index in [9.17, 15) is 0 Å². The molecule has 1 unspecified atom stereocenters. The molecule has 8 aromatic carbocycles. The molecule has 2 nitrogen and oxygen atoms in total. The molecule has 0 aliphatic heterocycles. The molecule has 1 heterocycles. The van der Waals surface area contributed by atoms with E-state index in [1.54, 1.807) is 0 Å². The van der Waals surface area contributed by atoms with Crippen molar-refractivity contribution >= 4 is 49.8 Å². The second kappa shape index (κ2) is 13.1. The molecule has 11 rings (SSSR count). The van der Waals surface area contributed by atoms with Crippen LogP contribution in [0.2, 0.25) is 0 Å². The second-order valence-electron chi connectivity index (χ2n) is 16.0. The maximum atomic E-state index is 6.58. The van der Waals surface area contributed by atoms with Crippen LogP contribution in [0.1, 0.15) is 67.2 Å². The Morgan fingerprint density at radius 3 is 2.05 bits per heavy atom. The molecule has 2 heteroatoms. The molecular formula is C54H43NO. The van der Waals surface area contributed by atoms with Crippen molar-refractivity contribution in [3.05, 3.63) is 198 Å². The van der Waals surface area contributed by atoms with Gasteiger partial charge in [0, 0.05) is 39.1 Å². The topological polar surface area (TPSA) is 16.4 Å². The van der Waals surface area contributed by atoms with E-state index in [0.717, 1.165) is 39.0 Å². The number of rotatable bonds is 6. The lowest BCUT2D eigenvalue weighted by molar-refractivity contribution is 0.445. The fourth-order valence-corrected chi connectivity index (χ4v) is 10.3. The Morgan fingerprint density at radius 2 is 1.18 bits per heavy atom. The van der Waals surface area contributed by atoms with Crippen LogP contribution >= 0.6 is 0 Å². The molecule has 0 spiro atoms. The van der Waals surface area contributed by atoms with E-state index in [1.807, 2.05) is 6.07 Å². The minimum Gasteiger partial charge on any atom is -0.456 e. The van der Waals surface area contributed by atoms with Gasteiger partial charge in [0.15, 0.2) is 0 Å². The molecule has 1 fully saturated rings. The summed E-state index contributed by atoms with van der Waals surface area (Å²) in [7, 11) is 0. The summed E-state index contributed by atoms with van der Waals surface area (Å²) in [4.78, 5) is 2.51. The van der Waals surface area contributed by atoms with E-state index < -0.39 is 0 Å². The van der Waals surface area contributed by atoms with Crippen LogP contribution in [-0.4, -0.2) is 0 Å². The predicted octanol–water partition coefficient (Wildman–Crippen LogP) is 15.3. The third kappa shape index (κ3) is 5.02.